The van der Waals surface area contributed by atoms with E-state index in [-0.39, 0.29) is 10.7 Å². The van der Waals surface area contributed by atoms with Crippen molar-refractivity contribution in [3.05, 3.63) is 46.2 Å². The second-order valence-electron chi connectivity index (χ2n) is 6.05. The third kappa shape index (κ3) is 4.23. The molecule has 0 amide bonds. The van der Waals surface area contributed by atoms with Gasteiger partial charge in [-0.3, -0.25) is 8.89 Å². The van der Waals surface area contributed by atoms with Crippen LogP contribution in [0.3, 0.4) is 0 Å². The van der Waals surface area contributed by atoms with E-state index < -0.39 is 10.8 Å². The first-order valence-electron chi connectivity index (χ1n) is 6.77. The summed E-state index contributed by atoms with van der Waals surface area (Å²) in [5, 5.41) is 8.23. The summed E-state index contributed by atoms with van der Waals surface area (Å²) in [6, 6.07) is 8.09. The van der Waals surface area contributed by atoms with E-state index in [1.54, 1.807) is 4.68 Å². The lowest BCUT2D eigenvalue weighted by molar-refractivity contribution is 0.643. The van der Waals surface area contributed by atoms with Crippen LogP contribution in [0.15, 0.2) is 34.9 Å². The molecule has 0 spiro atoms. The van der Waals surface area contributed by atoms with Crippen LogP contribution >= 0.6 is 15.9 Å². The number of benzene rings is 1. The smallest absolute Gasteiger partial charge is 0.0910 e. The maximum absolute atomic E-state index is 12.5. The molecule has 6 heteroatoms. The Hall–Kier alpha value is -1.01. The maximum Gasteiger partial charge on any atom is 0.0910 e. The fraction of sp³-hybridized carbons (Fsp3) is 0.467. The van der Waals surface area contributed by atoms with Crippen molar-refractivity contribution in [3.63, 3.8) is 0 Å². The second-order valence-corrected chi connectivity index (χ2v) is 9.21. The molecule has 0 saturated heterocycles. The van der Waals surface area contributed by atoms with Gasteiger partial charge in [-0.15, -0.1) is 5.10 Å². The Labute approximate surface area is 136 Å². The highest BCUT2D eigenvalue weighted by molar-refractivity contribution is 9.10. The van der Waals surface area contributed by atoms with Gasteiger partial charge in [-0.2, -0.15) is 0 Å². The zero-order valence-corrected chi connectivity index (χ0v) is 15.1. The normalized spacial score (nSPS) is 14.9. The van der Waals surface area contributed by atoms with Crippen molar-refractivity contribution in [2.24, 2.45) is 7.05 Å². The molecule has 1 heterocycles. The lowest BCUT2D eigenvalue weighted by Gasteiger charge is -2.22. The Morgan fingerprint density at radius 3 is 2.38 bits per heavy atom. The van der Waals surface area contributed by atoms with E-state index in [9.17, 15) is 4.21 Å². The molecule has 1 aromatic carbocycles. The highest BCUT2D eigenvalue weighted by atomic mass is 79.9. The highest BCUT2D eigenvalue weighted by Gasteiger charge is 2.26. The van der Waals surface area contributed by atoms with Gasteiger partial charge in [-0.1, -0.05) is 33.3 Å². The van der Waals surface area contributed by atoms with E-state index in [0.717, 1.165) is 15.7 Å². The molecule has 114 valence electrons. The average molecular weight is 370 g/mol. The fourth-order valence-corrected chi connectivity index (χ4v) is 3.40. The summed E-state index contributed by atoms with van der Waals surface area (Å²) in [4.78, 5) is 0. The first-order valence-corrected chi connectivity index (χ1v) is 8.89. The van der Waals surface area contributed by atoms with Crippen LogP contribution in [0.1, 0.15) is 37.9 Å². The molecule has 0 fully saturated rings. The molecule has 0 aliphatic heterocycles. The number of hydrogen-bond acceptors (Lipinski definition) is 3. The SMILES string of the molecule is Cn1cc([C@@H](C[S@](=O)C(C)(C)C)c2ccc(Br)cc2)nn1. The molecular formula is C15H20BrN3OS. The van der Waals surface area contributed by atoms with Crippen LogP contribution in [0.5, 0.6) is 0 Å². The molecular weight excluding hydrogens is 350 g/mol. The molecule has 0 aliphatic rings. The number of halogens is 1. The summed E-state index contributed by atoms with van der Waals surface area (Å²) in [5.74, 6) is 0.538. The molecule has 0 saturated carbocycles. The molecule has 2 atom stereocenters. The molecule has 2 aromatic rings. The molecule has 0 unspecified atom stereocenters. The molecule has 0 N–H and O–H groups in total. The summed E-state index contributed by atoms with van der Waals surface area (Å²) < 4.78 is 15.0. The predicted molar refractivity (Wildman–Crippen MR) is 89.8 cm³/mol. The lowest BCUT2D eigenvalue weighted by Crippen LogP contribution is -2.27. The standard InChI is InChI=1S/C15H20BrN3OS/c1-15(2,3)21(20)10-13(14-9-19(4)18-17-14)11-5-7-12(16)8-6-11/h5-9,13H,10H2,1-4H3/t13-,21-/m0/s1. The van der Waals surface area contributed by atoms with Gasteiger partial charge in [0.1, 0.15) is 0 Å². The largest absolute Gasteiger partial charge is 0.259 e. The van der Waals surface area contributed by atoms with Crippen molar-refractivity contribution in [2.45, 2.75) is 31.4 Å². The van der Waals surface area contributed by atoms with Gasteiger partial charge in [0, 0.05) is 44.9 Å². The summed E-state index contributed by atoms with van der Waals surface area (Å²) in [6.07, 6.45) is 1.90. The maximum atomic E-state index is 12.5. The Morgan fingerprint density at radius 2 is 1.90 bits per heavy atom. The third-order valence-corrected chi connectivity index (χ3v) is 5.78. The summed E-state index contributed by atoms with van der Waals surface area (Å²) >= 11 is 3.45. The molecule has 0 aliphatic carbocycles. The molecule has 0 bridgehead atoms. The first kappa shape index (κ1) is 16.4. The van der Waals surface area contributed by atoms with Gasteiger partial charge in [0.25, 0.3) is 0 Å². The highest BCUT2D eigenvalue weighted by Crippen LogP contribution is 2.28. The van der Waals surface area contributed by atoms with Crippen molar-refractivity contribution in [1.29, 1.82) is 0 Å². The van der Waals surface area contributed by atoms with Gasteiger partial charge in [-0.05, 0) is 38.5 Å². The van der Waals surface area contributed by atoms with E-state index >= 15 is 0 Å². The van der Waals surface area contributed by atoms with Gasteiger partial charge in [0.05, 0.1) is 5.69 Å². The summed E-state index contributed by atoms with van der Waals surface area (Å²) in [7, 11) is 0.890. The van der Waals surface area contributed by atoms with Gasteiger partial charge in [0.2, 0.25) is 0 Å². The number of aromatic nitrogens is 3. The van der Waals surface area contributed by atoms with Crippen LogP contribution in [0.2, 0.25) is 0 Å². The lowest BCUT2D eigenvalue weighted by atomic mass is 9.98. The first-order chi connectivity index (χ1) is 9.77. The number of hydrogen-bond donors (Lipinski definition) is 0. The molecule has 4 nitrogen and oxygen atoms in total. The topological polar surface area (TPSA) is 47.8 Å². The minimum absolute atomic E-state index is 0.00754. The molecule has 1 aromatic heterocycles. The minimum atomic E-state index is -0.953. The Morgan fingerprint density at radius 1 is 1.29 bits per heavy atom. The van der Waals surface area contributed by atoms with E-state index in [1.807, 2.05) is 58.3 Å². The zero-order chi connectivity index (χ0) is 15.6. The summed E-state index contributed by atoms with van der Waals surface area (Å²) in [5.41, 5.74) is 1.97. The predicted octanol–water partition coefficient (Wildman–Crippen LogP) is 3.26. The number of nitrogens with zero attached hydrogens (tertiary/aromatic N) is 3. The molecule has 0 radical (unpaired) electrons. The van der Waals surface area contributed by atoms with Crippen LogP contribution in [-0.4, -0.2) is 29.7 Å². The van der Waals surface area contributed by atoms with Gasteiger partial charge in [-0.25, -0.2) is 0 Å². The average Bonchev–Trinajstić information content (AvgIpc) is 2.82. The van der Waals surface area contributed by atoms with E-state index in [1.165, 1.54) is 0 Å². The van der Waals surface area contributed by atoms with Crippen LogP contribution < -0.4 is 0 Å². The van der Waals surface area contributed by atoms with Crippen molar-refractivity contribution < 1.29 is 4.21 Å². The van der Waals surface area contributed by atoms with Crippen LogP contribution in [0, 0.1) is 0 Å². The van der Waals surface area contributed by atoms with E-state index in [0.29, 0.717) is 5.75 Å². The van der Waals surface area contributed by atoms with Crippen molar-refractivity contribution >= 4 is 26.7 Å². The minimum Gasteiger partial charge on any atom is -0.259 e. The van der Waals surface area contributed by atoms with Crippen molar-refractivity contribution in [2.75, 3.05) is 5.75 Å². The van der Waals surface area contributed by atoms with E-state index in [2.05, 4.69) is 26.2 Å². The Balaban J connectivity index is 2.35. The van der Waals surface area contributed by atoms with Crippen molar-refractivity contribution in [3.8, 4) is 0 Å². The van der Waals surface area contributed by atoms with Crippen LogP contribution in [0.4, 0.5) is 0 Å². The number of aryl methyl sites for hydroxylation is 1. The van der Waals surface area contributed by atoms with Crippen molar-refractivity contribution in [1.82, 2.24) is 15.0 Å². The number of rotatable bonds is 4. The Kier molecular flexibility index (Phi) is 4.99. The summed E-state index contributed by atoms with van der Waals surface area (Å²) in [6.45, 7) is 6.00. The zero-order valence-electron chi connectivity index (χ0n) is 12.7. The monoisotopic (exact) mass is 369 g/mol. The Bertz CT molecular complexity index is 631. The second kappa shape index (κ2) is 6.40. The van der Waals surface area contributed by atoms with Crippen LogP contribution in [0.25, 0.3) is 0 Å². The van der Waals surface area contributed by atoms with Crippen LogP contribution in [-0.2, 0) is 17.8 Å². The fourth-order valence-electron chi connectivity index (χ4n) is 1.97. The van der Waals surface area contributed by atoms with E-state index in [4.69, 9.17) is 0 Å². The van der Waals surface area contributed by atoms with Gasteiger partial charge >= 0.3 is 0 Å². The quantitative estimate of drug-likeness (QED) is 0.830. The third-order valence-electron chi connectivity index (χ3n) is 3.25. The van der Waals surface area contributed by atoms with Gasteiger partial charge in [0.15, 0.2) is 0 Å². The van der Waals surface area contributed by atoms with Gasteiger partial charge < -0.3 is 0 Å². The molecule has 21 heavy (non-hydrogen) atoms. The molecule has 2 rings (SSSR count).